The minimum Gasteiger partial charge on any atom is -0.310 e. The quantitative estimate of drug-likeness (QED) is 0.809. The van der Waals surface area contributed by atoms with Crippen LogP contribution in [0.3, 0.4) is 0 Å². The van der Waals surface area contributed by atoms with Crippen molar-refractivity contribution in [3.8, 4) is 0 Å². The molecule has 1 atom stereocenters. The van der Waals surface area contributed by atoms with Gasteiger partial charge in [0, 0.05) is 17.7 Å². The first-order chi connectivity index (χ1) is 7.00. The second-order valence-electron chi connectivity index (χ2n) is 4.19. The summed E-state index contributed by atoms with van der Waals surface area (Å²) >= 11 is 0. The van der Waals surface area contributed by atoms with Gasteiger partial charge in [0.2, 0.25) is 0 Å². The molecule has 0 spiro atoms. The summed E-state index contributed by atoms with van der Waals surface area (Å²) in [6.45, 7) is 6.86. The van der Waals surface area contributed by atoms with Crippen LogP contribution in [0.1, 0.15) is 32.4 Å². The van der Waals surface area contributed by atoms with Gasteiger partial charge in [-0.15, -0.1) is 0 Å². The van der Waals surface area contributed by atoms with Gasteiger partial charge < -0.3 is 5.32 Å². The molecule has 0 bridgehead atoms. The van der Waals surface area contributed by atoms with Gasteiger partial charge >= 0.3 is 0 Å². The Kier molecular flexibility index (Phi) is 4.21. The Balaban J connectivity index is 2.69. The van der Waals surface area contributed by atoms with Crippen LogP contribution in [0.5, 0.6) is 0 Å². The fraction of sp³-hybridized carbons (Fsp3) is 0.500. The summed E-state index contributed by atoms with van der Waals surface area (Å²) in [6.07, 6.45) is 0. The maximum Gasteiger partial charge on any atom is 0.130 e. The van der Waals surface area contributed by atoms with Crippen molar-refractivity contribution in [1.82, 2.24) is 5.32 Å². The zero-order chi connectivity index (χ0) is 11.4. The monoisotopic (exact) mass is 213 g/mol. The Morgan fingerprint density at radius 2 is 1.87 bits per heavy atom. The van der Waals surface area contributed by atoms with Crippen molar-refractivity contribution in [2.24, 2.45) is 5.92 Å². The molecule has 3 heteroatoms. The Morgan fingerprint density at radius 3 is 2.40 bits per heavy atom. The van der Waals surface area contributed by atoms with E-state index in [2.05, 4.69) is 19.2 Å². The predicted octanol–water partition coefficient (Wildman–Crippen LogP) is 3.27. The van der Waals surface area contributed by atoms with Crippen LogP contribution in [0.2, 0.25) is 0 Å². The second-order valence-corrected chi connectivity index (χ2v) is 4.19. The summed E-state index contributed by atoms with van der Waals surface area (Å²) in [5.74, 6) is -0.512. The third-order valence-electron chi connectivity index (χ3n) is 2.26. The van der Waals surface area contributed by atoms with E-state index in [1.54, 1.807) is 0 Å². The average Bonchev–Trinajstić information content (AvgIpc) is 2.14. The maximum absolute atomic E-state index is 13.3. The highest BCUT2D eigenvalue weighted by Gasteiger charge is 2.11. The smallest absolute Gasteiger partial charge is 0.130 e. The van der Waals surface area contributed by atoms with E-state index in [4.69, 9.17) is 0 Å². The molecule has 84 valence electrons. The summed E-state index contributed by atoms with van der Waals surface area (Å²) in [5.41, 5.74) is 0.511. The highest BCUT2D eigenvalue weighted by atomic mass is 19.1. The van der Waals surface area contributed by atoms with Crippen LogP contribution < -0.4 is 5.32 Å². The lowest BCUT2D eigenvalue weighted by atomic mass is 10.1. The Bertz CT molecular complexity index is 323. The average molecular weight is 213 g/mol. The molecule has 0 saturated carbocycles. The Morgan fingerprint density at radius 1 is 1.20 bits per heavy atom. The number of nitrogens with one attached hydrogen (secondary N) is 1. The Labute approximate surface area is 89.5 Å². The molecule has 1 aromatic rings. The van der Waals surface area contributed by atoms with Gasteiger partial charge in [-0.05, 0) is 25.5 Å². The maximum atomic E-state index is 13.3. The minimum atomic E-state index is -0.535. The van der Waals surface area contributed by atoms with Crippen molar-refractivity contribution in [2.45, 2.75) is 26.8 Å². The van der Waals surface area contributed by atoms with E-state index in [0.29, 0.717) is 11.5 Å². The molecule has 0 aliphatic rings. The molecule has 0 aliphatic carbocycles. The lowest BCUT2D eigenvalue weighted by molar-refractivity contribution is 0.475. The lowest BCUT2D eigenvalue weighted by Crippen LogP contribution is -2.24. The van der Waals surface area contributed by atoms with E-state index in [9.17, 15) is 8.78 Å². The van der Waals surface area contributed by atoms with Crippen LogP contribution >= 0.6 is 0 Å². The largest absolute Gasteiger partial charge is 0.310 e. The van der Waals surface area contributed by atoms with Gasteiger partial charge in [0.15, 0.2) is 0 Å². The molecular formula is C12H17F2N. The first-order valence-corrected chi connectivity index (χ1v) is 5.19. The zero-order valence-corrected chi connectivity index (χ0v) is 9.35. The van der Waals surface area contributed by atoms with Crippen molar-refractivity contribution in [1.29, 1.82) is 0 Å². The first kappa shape index (κ1) is 12.1. The number of benzene rings is 1. The zero-order valence-electron chi connectivity index (χ0n) is 9.35. The van der Waals surface area contributed by atoms with Crippen LogP contribution in [-0.2, 0) is 0 Å². The Hall–Kier alpha value is -0.960. The molecule has 1 rings (SSSR count). The van der Waals surface area contributed by atoms with Crippen LogP contribution in [0.15, 0.2) is 18.2 Å². The predicted molar refractivity (Wildman–Crippen MR) is 57.6 cm³/mol. The van der Waals surface area contributed by atoms with Gasteiger partial charge in [-0.25, -0.2) is 8.78 Å². The van der Waals surface area contributed by atoms with Crippen LogP contribution in [0, 0.1) is 17.6 Å². The normalized spacial score (nSPS) is 13.2. The van der Waals surface area contributed by atoms with Gasteiger partial charge in [-0.1, -0.05) is 19.9 Å². The van der Waals surface area contributed by atoms with Crippen LogP contribution in [0.25, 0.3) is 0 Å². The first-order valence-electron chi connectivity index (χ1n) is 5.19. The molecule has 15 heavy (non-hydrogen) atoms. The molecule has 0 aromatic heterocycles. The summed E-state index contributed by atoms with van der Waals surface area (Å²) in [5, 5.41) is 3.20. The van der Waals surface area contributed by atoms with E-state index < -0.39 is 11.6 Å². The second kappa shape index (κ2) is 5.21. The van der Waals surface area contributed by atoms with Crippen molar-refractivity contribution < 1.29 is 8.78 Å². The molecule has 0 radical (unpaired) electrons. The van der Waals surface area contributed by atoms with E-state index in [1.807, 2.05) is 6.92 Å². The highest BCUT2D eigenvalue weighted by molar-refractivity contribution is 5.21. The fourth-order valence-corrected chi connectivity index (χ4v) is 1.38. The summed E-state index contributed by atoms with van der Waals surface area (Å²) in [7, 11) is 0. The van der Waals surface area contributed by atoms with Crippen LogP contribution in [-0.4, -0.2) is 6.54 Å². The summed E-state index contributed by atoms with van der Waals surface area (Å²) < 4.78 is 26.0. The third kappa shape index (κ3) is 3.59. The molecule has 0 heterocycles. The summed E-state index contributed by atoms with van der Waals surface area (Å²) in [6, 6.07) is 3.60. The number of rotatable bonds is 4. The molecule has 0 saturated heterocycles. The lowest BCUT2D eigenvalue weighted by Gasteiger charge is -2.16. The SMILES string of the molecule is CC(C)CN[C@H](C)c1ccc(F)cc1F. The van der Waals surface area contributed by atoms with Crippen molar-refractivity contribution in [3.05, 3.63) is 35.4 Å². The molecule has 1 aromatic carbocycles. The third-order valence-corrected chi connectivity index (χ3v) is 2.26. The number of halogens is 2. The number of hydrogen-bond acceptors (Lipinski definition) is 1. The van der Waals surface area contributed by atoms with Gasteiger partial charge in [-0.3, -0.25) is 0 Å². The molecule has 1 nitrogen and oxygen atoms in total. The van der Waals surface area contributed by atoms with Gasteiger partial charge in [0.1, 0.15) is 11.6 Å². The van der Waals surface area contributed by atoms with Crippen molar-refractivity contribution in [3.63, 3.8) is 0 Å². The minimum absolute atomic E-state index is 0.0898. The molecular weight excluding hydrogens is 196 g/mol. The molecule has 0 aliphatic heterocycles. The van der Waals surface area contributed by atoms with E-state index in [0.717, 1.165) is 12.6 Å². The molecule has 0 unspecified atom stereocenters. The molecule has 0 fully saturated rings. The highest BCUT2D eigenvalue weighted by Crippen LogP contribution is 2.17. The molecule has 0 amide bonds. The van der Waals surface area contributed by atoms with Gasteiger partial charge in [-0.2, -0.15) is 0 Å². The van der Waals surface area contributed by atoms with Gasteiger partial charge in [0.25, 0.3) is 0 Å². The topological polar surface area (TPSA) is 12.0 Å². The fourth-order valence-electron chi connectivity index (χ4n) is 1.38. The van der Waals surface area contributed by atoms with Crippen molar-refractivity contribution in [2.75, 3.05) is 6.54 Å². The number of hydrogen-bond donors (Lipinski definition) is 1. The van der Waals surface area contributed by atoms with Gasteiger partial charge in [0.05, 0.1) is 0 Å². The van der Waals surface area contributed by atoms with Crippen LogP contribution in [0.4, 0.5) is 8.78 Å². The van der Waals surface area contributed by atoms with E-state index in [1.165, 1.54) is 12.1 Å². The van der Waals surface area contributed by atoms with E-state index >= 15 is 0 Å². The molecule has 1 N–H and O–H groups in total. The summed E-state index contributed by atoms with van der Waals surface area (Å²) in [4.78, 5) is 0. The standard InChI is InChI=1S/C12H17F2N/c1-8(2)7-15-9(3)11-5-4-10(13)6-12(11)14/h4-6,8-9,15H,7H2,1-3H3/t9-/m1/s1. The van der Waals surface area contributed by atoms with Crippen molar-refractivity contribution >= 4 is 0 Å². The van der Waals surface area contributed by atoms with E-state index in [-0.39, 0.29) is 6.04 Å².